The maximum Gasteiger partial charge on any atom is 0.407 e. The first-order valence-electron chi connectivity index (χ1n) is 19.6. The van der Waals surface area contributed by atoms with Crippen molar-refractivity contribution in [2.45, 2.75) is 97.8 Å². The summed E-state index contributed by atoms with van der Waals surface area (Å²) in [5, 5.41) is 25.8. The SMILES string of the molecule is Cc1cc(C(=O)NCCOC(C)(C)C)ccc1-c1ccc(CC(NC(=O)C2CCC(CNC(=O)OC(C)(C)C)CC2)C(=O)Nc2ccc(-c3nn[nH]n3)cc2)cc1. The van der Waals surface area contributed by atoms with Gasteiger partial charge < -0.3 is 30.7 Å². The second-order valence-corrected chi connectivity index (χ2v) is 16.6. The highest BCUT2D eigenvalue weighted by Crippen LogP contribution is 2.30. The monoisotopic (exact) mass is 780 g/mol. The molecule has 4 aromatic rings. The molecule has 1 aliphatic carbocycles. The van der Waals surface area contributed by atoms with E-state index in [9.17, 15) is 19.2 Å². The van der Waals surface area contributed by atoms with E-state index in [1.807, 2.05) is 90.9 Å². The molecule has 1 heterocycles. The highest BCUT2D eigenvalue weighted by atomic mass is 16.6. The lowest BCUT2D eigenvalue weighted by Gasteiger charge is -2.29. The van der Waals surface area contributed by atoms with Crippen molar-refractivity contribution < 1.29 is 28.7 Å². The molecule has 5 N–H and O–H groups in total. The third-order valence-corrected chi connectivity index (χ3v) is 9.66. The molecule has 1 aliphatic rings. The zero-order chi connectivity index (χ0) is 41.2. The normalized spacial score (nSPS) is 16.3. The van der Waals surface area contributed by atoms with Crippen molar-refractivity contribution in [3.05, 3.63) is 83.4 Å². The van der Waals surface area contributed by atoms with Gasteiger partial charge in [0.15, 0.2) is 0 Å². The summed E-state index contributed by atoms with van der Waals surface area (Å²) in [5.41, 5.74) is 4.80. The van der Waals surface area contributed by atoms with E-state index in [0.29, 0.717) is 49.6 Å². The Hall–Kier alpha value is -5.63. The van der Waals surface area contributed by atoms with E-state index in [0.717, 1.165) is 40.7 Å². The molecule has 1 aromatic heterocycles. The Balaban J connectivity index is 1.23. The number of nitrogens with one attached hydrogen (secondary N) is 5. The number of ether oxygens (including phenoxy) is 2. The van der Waals surface area contributed by atoms with Crippen molar-refractivity contribution in [2.75, 3.05) is 25.0 Å². The second kappa shape index (κ2) is 19.0. The number of anilines is 1. The molecule has 14 nitrogen and oxygen atoms in total. The van der Waals surface area contributed by atoms with Gasteiger partial charge >= 0.3 is 6.09 Å². The van der Waals surface area contributed by atoms with E-state index in [1.54, 1.807) is 24.3 Å². The van der Waals surface area contributed by atoms with E-state index in [1.165, 1.54) is 0 Å². The van der Waals surface area contributed by atoms with Crippen molar-refractivity contribution in [3.63, 3.8) is 0 Å². The predicted octanol–water partition coefficient (Wildman–Crippen LogP) is 6.38. The number of carbonyl (C=O) groups is 4. The number of hydrogen-bond donors (Lipinski definition) is 5. The minimum Gasteiger partial charge on any atom is -0.444 e. The molecule has 304 valence electrons. The number of hydrogen-bond acceptors (Lipinski definition) is 9. The summed E-state index contributed by atoms with van der Waals surface area (Å²) in [7, 11) is 0. The van der Waals surface area contributed by atoms with Crippen LogP contribution in [-0.2, 0) is 25.5 Å². The fraction of sp³-hybridized carbons (Fsp3) is 0.465. The van der Waals surface area contributed by atoms with Gasteiger partial charge in [-0.3, -0.25) is 14.4 Å². The number of aromatic amines is 1. The second-order valence-electron chi connectivity index (χ2n) is 16.6. The minimum atomic E-state index is -0.847. The van der Waals surface area contributed by atoms with Crippen molar-refractivity contribution in [3.8, 4) is 22.5 Å². The molecule has 3 aromatic carbocycles. The van der Waals surface area contributed by atoms with E-state index in [4.69, 9.17) is 9.47 Å². The number of nitrogens with zero attached hydrogens (tertiary/aromatic N) is 3. The summed E-state index contributed by atoms with van der Waals surface area (Å²) in [4.78, 5) is 52.4. The van der Waals surface area contributed by atoms with Gasteiger partial charge in [-0.1, -0.05) is 30.3 Å². The van der Waals surface area contributed by atoms with Crippen LogP contribution in [0.2, 0.25) is 0 Å². The summed E-state index contributed by atoms with van der Waals surface area (Å²) >= 11 is 0. The molecule has 1 atom stereocenters. The van der Waals surface area contributed by atoms with Gasteiger partial charge in [0.1, 0.15) is 11.6 Å². The van der Waals surface area contributed by atoms with Crippen LogP contribution in [0.15, 0.2) is 66.7 Å². The van der Waals surface area contributed by atoms with Crippen LogP contribution < -0.4 is 21.3 Å². The summed E-state index contributed by atoms with van der Waals surface area (Å²) in [6, 6.07) is 19.7. The minimum absolute atomic E-state index is 0.157. The molecular formula is C43H56N8O6. The molecule has 4 amide bonds. The third kappa shape index (κ3) is 13.2. The molecule has 0 spiro atoms. The first-order chi connectivity index (χ1) is 27.0. The lowest BCUT2D eigenvalue weighted by atomic mass is 9.81. The lowest BCUT2D eigenvalue weighted by Crippen LogP contribution is -2.48. The lowest BCUT2D eigenvalue weighted by molar-refractivity contribution is -0.130. The predicted molar refractivity (Wildman–Crippen MR) is 218 cm³/mol. The van der Waals surface area contributed by atoms with Gasteiger partial charge in [-0.15, -0.1) is 10.2 Å². The molecule has 0 bridgehead atoms. The topological polar surface area (TPSA) is 189 Å². The number of aryl methyl sites for hydroxylation is 1. The van der Waals surface area contributed by atoms with Gasteiger partial charge in [-0.2, -0.15) is 5.21 Å². The Morgan fingerprint density at radius 2 is 1.53 bits per heavy atom. The number of aromatic nitrogens is 4. The van der Waals surface area contributed by atoms with Crippen molar-refractivity contribution in [1.82, 2.24) is 36.6 Å². The van der Waals surface area contributed by atoms with Gasteiger partial charge in [-0.05, 0) is 144 Å². The molecule has 0 aliphatic heterocycles. The fourth-order valence-corrected chi connectivity index (χ4v) is 6.69. The Kier molecular flexibility index (Phi) is 14.2. The average Bonchev–Trinajstić information content (AvgIpc) is 3.70. The quantitative estimate of drug-likeness (QED) is 0.0904. The number of carbonyl (C=O) groups excluding carboxylic acids is 4. The van der Waals surface area contributed by atoms with Crippen LogP contribution in [-0.4, -0.2) is 81.4 Å². The number of H-pyrrole nitrogens is 1. The Labute approximate surface area is 334 Å². The standard InChI is InChI=1S/C43H56N8O6/c1-27-24-33(38(52)44-22-23-56-42(2,3)4)18-21-35(27)30-12-8-28(9-13-30)25-36(40(54)46-34-19-16-31(17-20-34)37-48-50-51-49-37)47-39(53)32-14-10-29(11-15-32)26-45-41(55)57-43(5,6)7/h8-9,12-13,16-21,24,29,32,36H,10-11,14-15,22-23,25-26H2,1-7H3,(H,44,52)(H,45,55)(H,46,54)(H,47,53)(H,48,49,50,51). The van der Waals surface area contributed by atoms with Crippen molar-refractivity contribution in [1.29, 1.82) is 0 Å². The van der Waals surface area contributed by atoms with Crippen molar-refractivity contribution >= 4 is 29.5 Å². The third-order valence-electron chi connectivity index (χ3n) is 9.66. The van der Waals surface area contributed by atoms with E-state index in [2.05, 4.69) is 41.9 Å². The van der Waals surface area contributed by atoms with Gasteiger partial charge in [0.05, 0.1) is 12.2 Å². The van der Waals surface area contributed by atoms with Crippen LogP contribution in [0.5, 0.6) is 0 Å². The van der Waals surface area contributed by atoms with E-state index < -0.39 is 17.7 Å². The molecule has 14 heteroatoms. The molecule has 57 heavy (non-hydrogen) atoms. The summed E-state index contributed by atoms with van der Waals surface area (Å²) in [6.07, 6.45) is 2.68. The van der Waals surface area contributed by atoms with Crippen LogP contribution in [0.4, 0.5) is 10.5 Å². The zero-order valence-corrected chi connectivity index (χ0v) is 34.0. The number of benzene rings is 3. The summed E-state index contributed by atoms with van der Waals surface area (Å²) in [6.45, 7) is 14.7. The molecule has 1 fully saturated rings. The highest BCUT2D eigenvalue weighted by Gasteiger charge is 2.30. The maximum atomic E-state index is 13.8. The molecule has 0 radical (unpaired) electrons. The van der Waals surface area contributed by atoms with E-state index >= 15 is 0 Å². The molecule has 1 unspecified atom stereocenters. The Bertz CT molecular complexity index is 1960. The van der Waals surface area contributed by atoms with Crippen LogP contribution in [0.25, 0.3) is 22.5 Å². The maximum absolute atomic E-state index is 13.8. The molecule has 0 saturated heterocycles. The molecular weight excluding hydrogens is 725 g/mol. The summed E-state index contributed by atoms with van der Waals surface area (Å²) < 4.78 is 11.1. The first-order valence-corrected chi connectivity index (χ1v) is 19.6. The summed E-state index contributed by atoms with van der Waals surface area (Å²) in [5.74, 6) is -0.241. The van der Waals surface area contributed by atoms with Gasteiger partial charge in [-0.25, -0.2) is 4.79 Å². The average molecular weight is 781 g/mol. The number of tetrazole rings is 1. The van der Waals surface area contributed by atoms with Crippen LogP contribution in [0, 0.1) is 18.8 Å². The Morgan fingerprint density at radius 1 is 0.842 bits per heavy atom. The number of alkyl carbamates (subject to hydrolysis) is 1. The van der Waals surface area contributed by atoms with Gasteiger partial charge in [0.25, 0.3) is 5.91 Å². The molecule has 5 rings (SSSR count). The fourth-order valence-electron chi connectivity index (χ4n) is 6.69. The van der Waals surface area contributed by atoms with Crippen LogP contribution in [0.1, 0.15) is 88.7 Å². The zero-order valence-electron chi connectivity index (χ0n) is 34.0. The highest BCUT2D eigenvalue weighted by molar-refractivity contribution is 5.98. The number of amides is 4. The molecule has 1 saturated carbocycles. The van der Waals surface area contributed by atoms with Crippen molar-refractivity contribution in [2.24, 2.45) is 11.8 Å². The van der Waals surface area contributed by atoms with Gasteiger partial charge in [0, 0.05) is 42.2 Å². The number of rotatable bonds is 14. The largest absolute Gasteiger partial charge is 0.444 e. The Morgan fingerprint density at radius 3 is 2.14 bits per heavy atom. The first kappa shape index (κ1) is 42.5. The van der Waals surface area contributed by atoms with Gasteiger partial charge in [0.2, 0.25) is 17.6 Å². The van der Waals surface area contributed by atoms with Crippen LogP contribution in [0.3, 0.4) is 0 Å². The van der Waals surface area contributed by atoms with Crippen LogP contribution >= 0.6 is 0 Å². The van der Waals surface area contributed by atoms with E-state index in [-0.39, 0.29) is 41.6 Å². The smallest absolute Gasteiger partial charge is 0.407 e.